The number of halogens is 3. The molecule has 3 fully saturated rings. The molecule has 9 aromatic rings. The number of nitriles is 1. The minimum absolute atomic E-state index is 0.0168. The number of hydrogen-bond donors (Lipinski definition) is 6. The molecule has 3 saturated heterocycles. The SMILES string of the molecule is CC[C@@H]1[C@H](F)C(=O)N[C@@H]1COc1ncc(C#Cc2ccc(C#N)cc2)c2cc(C(N)=O)c(OC)cc12.CC[C@@H]1[C@H](F)C(=O)N[C@@H]1COc1ncc(C#Cc2ccccn2)c2cc(C(N)=O)c(OC)cc12.CC[C@@H]1[C@H](F)C(=O)N[C@@H]1COc1ncc(C#Cc2ccncc2)c2cc(C(N)=O)c(OC)cc12. The second-order valence-corrected chi connectivity index (χ2v) is 23.9. The molecule has 9 atom stereocenters. The normalized spacial score (nSPS) is 19.0. The molecule has 9 N–H and O–H groups in total. The van der Waals surface area contributed by atoms with Gasteiger partial charge in [0.1, 0.15) is 42.8 Å². The molecule has 27 heteroatoms. The van der Waals surface area contributed by atoms with E-state index in [1.165, 1.54) is 39.9 Å². The zero-order chi connectivity index (χ0) is 74.3. The zero-order valence-electron chi connectivity index (χ0n) is 57.0. The van der Waals surface area contributed by atoms with E-state index in [1.54, 1.807) is 104 Å². The Morgan fingerprint density at radius 2 is 0.798 bits per heavy atom. The van der Waals surface area contributed by atoms with Gasteiger partial charge in [0.2, 0.25) is 17.6 Å². The number of methoxy groups -OCH3 is 3. The van der Waals surface area contributed by atoms with Crippen molar-refractivity contribution in [3.8, 4) is 76.5 Å². The van der Waals surface area contributed by atoms with E-state index in [2.05, 4.69) is 82.5 Å². The number of rotatable bonds is 18. The molecular formula is C77H69F3N12O12. The van der Waals surface area contributed by atoms with E-state index in [9.17, 15) is 41.9 Å². The first-order chi connectivity index (χ1) is 50.2. The van der Waals surface area contributed by atoms with Gasteiger partial charge in [-0.1, -0.05) is 56.4 Å². The topological polar surface area (TPSA) is 360 Å². The van der Waals surface area contributed by atoms with Crippen molar-refractivity contribution >= 4 is 67.8 Å². The Bertz CT molecular complexity index is 4830. The molecule has 0 saturated carbocycles. The van der Waals surface area contributed by atoms with E-state index in [0.29, 0.717) is 85.1 Å². The summed E-state index contributed by atoms with van der Waals surface area (Å²) in [5.74, 6) is 14.3. The summed E-state index contributed by atoms with van der Waals surface area (Å²) in [4.78, 5) is 92.7. The average Bonchev–Trinajstić information content (AvgIpc) is 0.876. The third-order valence-corrected chi connectivity index (χ3v) is 17.7. The van der Waals surface area contributed by atoms with Gasteiger partial charge in [-0.25, -0.2) is 33.1 Å². The molecule has 24 nitrogen and oxygen atoms in total. The molecule has 0 bridgehead atoms. The number of nitrogens with one attached hydrogen (secondary N) is 3. The number of primary amides is 3. The molecule has 0 aliphatic carbocycles. The molecular weight excluding hydrogens is 1340 g/mol. The maximum atomic E-state index is 14.2. The van der Waals surface area contributed by atoms with Gasteiger partial charge in [-0.2, -0.15) is 5.26 Å². The van der Waals surface area contributed by atoms with Crippen molar-refractivity contribution in [2.24, 2.45) is 35.0 Å². The summed E-state index contributed by atoms with van der Waals surface area (Å²) >= 11 is 0. The lowest BCUT2D eigenvalue weighted by Crippen LogP contribution is -2.34. The summed E-state index contributed by atoms with van der Waals surface area (Å²) in [5.41, 5.74) is 21.3. The van der Waals surface area contributed by atoms with Crippen LogP contribution < -0.4 is 61.6 Å². The lowest BCUT2D eigenvalue weighted by molar-refractivity contribution is -0.124. The number of carbonyl (C=O) groups excluding carboxylic acids is 6. The molecule has 3 aliphatic rings. The van der Waals surface area contributed by atoms with Gasteiger partial charge in [-0.15, -0.1) is 0 Å². The van der Waals surface area contributed by atoms with Crippen LogP contribution >= 0.6 is 0 Å². The smallest absolute Gasteiger partial charge is 0.255 e. The van der Waals surface area contributed by atoms with E-state index in [-0.39, 0.29) is 71.4 Å². The van der Waals surface area contributed by atoms with Gasteiger partial charge in [-0.05, 0) is 110 Å². The highest BCUT2D eigenvalue weighted by Gasteiger charge is 2.44. The molecule has 3 aliphatic heterocycles. The fourth-order valence-electron chi connectivity index (χ4n) is 12.1. The van der Waals surface area contributed by atoms with E-state index in [4.69, 9.17) is 50.9 Å². The van der Waals surface area contributed by atoms with Crippen molar-refractivity contribution < 1.29 is 70.4 Å². The van der Waals surface area contributed by atoms with Crippen molar-refractivity contribution in [2.45, 2.75) is 76.7 Å². The number of nitrogens with two attached hydrogens (primary N) is 3. The molecule has 104 heavy (non-hydrogen) atoms. The molecule has 0 radical (unpaired) electrons. The third kappa shape index (κ3) is 16.6. The summed E-state index contributed by atoms with van der Waals surface area (Å²) in [5, 5.41) is 20.2. The molecule has 8 heterocycles. The monoisotopic (exact) mass is 1410 g/mol. The van der Waals surface area contributed by atoms with Crippen LogP contribution in [0.25, 0.3) is 32.3 Å². The van der Waals surface area contributed by atoms with Gasteiger partial charge in [0, 0.05) is 98.4 Å². The fourth-order valence-corrected chi connectivity index (χ4v) is 12.1. The Labute approximate surface area is 594 Å². The number of fused-ring (bicyclic) bond motifs is 3. The Morgan fingerprint density at radius 1 is 0.452 bits per heavy atom. The van der Waals surface area contributed by atoms with Gasteiger partial charge >= 0.3 is 0 Å². The van der Waals surface area contributed by atoms with Gasteiger partial charge in [0.25, 0.3) is 35.4 Å². The van der Waals surface area contributed by atoms with Crippen molar-refractivity contribution in [3.63, 3.8) is 0 Å². The lowest BCUT2D eigenvalue weighted by Gasteiger charge is -2.19. The van der Waals surface area contributed by atoms with Crippen LogP contribution in [0.1, 0.15) is 110 Å². The quantitative estimate of drug-likeness (QED) is 0.0450. The number of alkyl halides is 3. The summed E-state index contributed by atoms with van der Waals surface area (Å²) in [6.45, 7) is 5.55. The largest absolute Gasteiger partial charge is 0.496 e. The van der Waals surface area contributed by atoms with Crippen LogP contribution in [0.4, 0.5) is 13.2 Å². The highest BCUT2D eigenvalue weighted by atomic mass is 19.1. The van der Waals surface area contributed by atoms with Crippen LogP contribution in [-0.4, -0.2) is 138 Å². The highest BCUT2D eigenvalue weighted by Crippen LogP contribution is 2.38. The predicted octanol–water partition coefficient (Wildman–Crippen LogP) is 7.61. The van der Waals surface area contributed by atoms with Crippen LogP contribution in [0.15, 0.2) is 128 Å². The van der Waals surface area contributed by atoms with Crippen molar-refractivity contribution in [3.05, 3.63) is 184 Å². The Balaban J connectivity index is 0.000000168. The summed E-state index contributed by atoms with van der Waals surface area (Å²) in [6.07, 6.45) is 6.22. The van der Waals surface area contributed by atoms with Crippen molar-refractivity contribution in [1.29, 1.82) is 5.26 Å². The number of hydrogen-bond acceptors (Lipinski definition) is 18. The number of carbonyl (C=O) groups is 6. The first-order valence-electron chi connectivity index (χ1n) is 32.7. The van der Waals surface area contributed by atoms with Gasteiger partial charge in [0.05, 0.1) is 84.5 Å². The molecule has 530 valence electrons. The minimum atomic E-state index is -1.58. The Morgan fingerprint density at radius 3 is 1.12 bits per heavy atom. The first-order valence-corrected chi connectivity index (χ1v) is 32.7. The summed E-state index contributed by atoms with van der Waals surface area (Å²) in [6, 6.07) is 25.9. The Kier molecular flexibility index (Phi) is 23.7. The molecule has 6 amide bonds. The van der Waals surface area contributed by atoms with Gasteiger partial charge in [-0.3, -0.25) is 33.8 Å². The molecule has 0 unspecified atom stereocenters. The van der Waals surface area contributed by atoms with Crippen LogP contribution in [0.2, 0.25) is 0 Å². The van der Waals surface area contributed by atoms with Crippen LogP contribution in [0.3, 0.4) is 0 Å². The number of amides is 6. The number of pyridine rings is 5. The van der Waals surface area contributed by atoms with E-state index in [1.807, 2.05) is 26.8 Å². The maximum absolute atomic E-state index is 14.2. The zero-order valence-corrected chi connectivity index (χ0v) is 57.0. The van der Waals surface area contributed by atoms with Crippen LogP contribution in [0, 0.1) is 64.6 Å². The van der Waals surface area contributed by atoms with Crippen LogP contribution in [0.5, 0.6) is 34.9 Å². The molecule has 4 aromatic carbocycles. The summed E-state index contributed by atoms with van der Waals surface area (Å²) < 4.78 is 76.3. The number of benzene rings is 4. The van der Waals surface area contributed by atoms with E-state index < -0.39 is 89.8 Å². The fraction of sp³-hybridized carbons (Fsp3) is 0.273. The average molecular weight is 1410 g/mol. The number of nitrogens with zero attached hydrogens (tertiary/aromatic N) is 6. The minimum Gasteiger partial charge on any atom is -0.496 e. The maximum Gasteiger partial charge on any atom is 0.255 e. The second kappa shape index (κ2) is 33.4. The Hall–Kier alpha value is -13.0. The highest BCUT2D eigenvalue weighted by molar-refractivity contribution is 6.05. The van der Waals surface area contributed by atoms with Crippen molar-refractivity contribution in [2.75, 3.05) is 41.2 Å². The van der Waals surface area contributed by atoms with Crippen LogP contribution in [-0.2, 0) is 14.4 Å². The van der Waals surface area contributed by atoms with Gasteiger partial charge in [0.15, 0.2) is 18.5 Å². The third-order valence-electron chi connectivity index (χ3n) is 17.7. The predicted molar refractivity (Wildman–Crippen MR) is 376 cm³/mol. The second-order valence-electron chi connectivity index (χ2n) is 23.9. The molecule has 5 aromatic heterocycles. The van der Waals surface area contributed by atoms with Crippen molar-refractivity contribution in [1.82, 2.24) is 40.9 Å². The van der Waals surface area contributed by atoms with E-state index in [0.717, 1.165) is 5.56 Å². The lowest BCUT2D eigenvalue weighted by atomic mass is 9.97. The molecule has 0 spiro atoms. The van der Waals surface area contributed by atoms with E-state index >= 15 is 0 Å². The number of ether oxygens (including phenoxy) is 6. The standard InChI is InChI=1S/C27H23FN4O4.2C25H23FN4O4/c1-3-18-22(32-26(34)24(18)28)14-36-27-20-11-23(35-2)21(25(30)33)10-19(20)17(13-31-27)9-8-15-4-6-16(12-29)7-5-15;1-3-16-20(30-24(32)22(16)26)13-34-25-18-11-21(33-2)19(23(27)31)10-17(18)15(12-29-25)5-4-14-6-8-28-9-7-14;1-3-16-20(30-24(32)22(16)26)13-34-25-18-11-21(33-2)19(23(27)31)10-17(18)14(12-29-25)7-8-15-6-4-5-9-28-15/h4-7,10-11,13,18,22,24H,3,14H2,1-2H3,(H2,30,33)(H,32,34);6-12,16,20,22H,3,13H2,1-2H3,(H2,27,31)(H,30,32);4-6,9-12,16,20,22H,3,13H2,1-2H3,(H2,27,31)(H,30,32)/t18-,22+,24-;2*16-,20+,22-/m000/s1. The number of aromatic nitrogens is 5. The first kappa shape index (κ1) is 73.7. The summed E-state index contributed by atoms with van der Waals surface area (Å²) in [7, 11) is 4.26. The van der Waals surface area contributed by atoms with Gasteiger partial charge < -0.3 is 61.6 Å². The molecule has 12 rings (SSSR count).